The number of carboxylic acid groups (broad SMARTS) is 1. The fourth-order valence-electron chi connectivity index (χ4n) is 11.6. The van der Waals surface area contributed by atoms with Crippen LogP contribution in [0.1, 0.15) is 67.7 Å². The number of aliphatic hydroxyl groups is 1. The molecule has 4 fully saturated rings. The Morgan fingerprint density at radius 3 is 1.08 bits per heavy atom. The van der Waals surface area contributed by atoms with Crippen LogP contribution in [0.5, 0.6) is 40.2 Å². The number of carboxylic acids is 1. The lowest BCUT2D eigenvalue weighted by molar-refractivity contribution is -0.385. The summed E-state index contributed by atoms with van der Waals surface area (Å²) < 4.78 is 53.7. The van der Waals surface area contributed by atoms with Gasteiger partial charge in [0.15, 0.2) is 0 Å². The number of nitro benzene ring substituents is 2. The number of halogens is 6. The molecule has 0 amide bonds. The van der Waals surface area contributed by atoms with Crippen molar-refractivity contribution in [3.8, 4) is 40.2 Å². The van der Waals surface area contributed by atoms with Crippen LogP contribution >= 0.6 is 58.0 Å². The van der Waals surface area contributed by atoms with Gasteiger partial charge in [-0.25, -0.2) is 4.39 Å². The highest BCUT2D eigenvalue weighted by Crippen LogP contribution is 2.37. The van der Waals surface area contributed by atoms with Gasteiger partial charge >= 0.3 is 0 Å². The smallest absolute Gasteiger partial charge is 0.300 e. The molecule has 0 aromatic heterocycles. The summed E-state index contributed by atoms with van der Waals surface area (Å²) in [5.74, 6) is 3.95. The second-order valence-corrected chi connectivity index (χ2v) is 28.5. The van der Waals surface area contributed by atoms with Gasteiger partial charge in [-0.3, -0.25) is 44.6 Å². The number of rotatable bonds is 24. The predicted octanol–water partition coefficient (Wildman–Crippen LogP) is 17.6. The number of nitrogens with two attached hydrogens (primary N) is 1. The first-order valence-electron chi connectivity index (χ1n) is 34.2. The number of nitrogens with zero attached hydrogens (tertiary/aromatic N) is 6. The van der Waals surface area contributed by atoms with Crippen molar-refractivity contribution in [2.24, 2.45) is 0 Å². The molecular formula is C79H95Cl5FN7O14. The number of ether oxygens (including phenoxy) is 7. The van der Waals surface area contributed by atoms with E-state index in [0.717, 1.165) is 152 Å². The number of non-ortho nitro benzene ring substituents is 2. The Bertz CT molecular complexity index is 3880. The molecule has 27 heteroatoms. The first-order valence-corrected chi connectivity index (χ1v) is 36.1. The minimum absolute atomic E-state index is 0. The molecule has 0 aliphatic carbocycles. The topological polar surface area (TPSA) is 247 Å². The van der Waals surface area contributed by atoms with Crippen LogP contribution in [0, 0.1) is 26.0 Å². The number of aliphatic carboxylic acids is 1. The van der Waals surface area contributed by atoms with Gasteiger partial charge in [0.25, 0.3) is 17.3 Å². The van der Waals surface area contributed by atoms with Gasteiger partial charge in [0.05, 0.1) is 35.5 Å². The van der Waals surface area contributed by atoms with Gasteiger partial charge in [-0.2, -0.15) is 0 Å². The Hall–Kier alpha value is -8.39. The lowest BCUT2D eigenvalue weighted by Crippen LogP contribution is -2.37. The summed E-state index contributed by atoms with van der Waals surface area (Å²) in [7, 11) is 0. The minimum atomic E-state index is -0.833. The highest BCUT2D eigenvalue weighted by Gasteiger charge is 2.39. The van der Waals surface area contributed by atoms with Gasteiger partial charge in [-0.15, -0.1) is 0 Å². The van der Waals surface area contributed by atoms with Gasteiger partial charge in [0, 0.05) is 140 Å². The van der Waals surface area contributed by atoms with Crippen LogP contribution in [0.2, 0.25) is 25.1 Å². The van der Waals surface area contributed by atoms with E-state index in [0.29, 0.717) is 64.4 Å². The van der Waals surface area contributed by atoms with Gasteiger partial charge < -0.3 is 49.1 Å². The molecule has 4 aliphatic rings. The molecule has 0 saturated carbocycles. The number of carbonyl (C=O) groups is 1. The average molecular weight is 1560 g/mol. The quantitative estimate of drug-likeness (QED) is 0.0289. The summed E-state index contributed by atoms with van der Waals surface area (Å²) >= 11 is 29.8. The van der Waals surface area contributed by atoms with Crippen molar-refractivity contribution in [3.63, 3.8) is 0 Å². The van der Waals surface area contributed by atoms with Crippen molar-refractivity contribution in [2.45, 2.75) is 90.1 Å². The fraction of sp³-hybridized carbons (Fsp3) is 0.380. The fourth-order valence-corrected chi connectivity index (χ4v) is 12.7. The van der Waals surface area contributed by atoms with Crippen LogP contribution in [0.3, 0.4) is 0 Å². The van der Waals surface area contributed by atoms with Crippen molar-refractivity contribution in [1.29, 1.82) is 0 Å². The lowest BCUT2D eigenvalue weighted by atomic mass is 10.1. The van der Waals surface area contributed by atoms with Crippen LogP contribution in [-0.2, 0) is 4.79 Å². The number of β-amino-alcohol motifs (C(OH)–C–C–N with tert-alkyl or cyclic N) is 1. The van der Waals surface area contributed by atoms with Crippen molar-refractivity contribution in [2.75, 3.05) is 111 Å². The second-order valence-electron chi connectivity index (χ2n) is 26.4. The highest BCUT2D eigenvalue weighted by atomic mass is 35.5. The lowest BCUT2D eigenvalue weighted by Gasteiger charge is -2.27. The number of hydrogen-bond acceptors (Lipinski definition) is 18. The number of benzene rings is 8. The van der Waals surface area contributed by atoms with Crippen LogP contribution in [-0.4, -0.2) is 173 Å². The predicted molar refractivity (Wildman–Crippen MR) is 418 cm³/mol. The van der Waals surface area contributed by atoms with Crippen molar-refractivity contribution >= 4 is 81.0 Å². The van der Waals surface area contributed by atoms with E-state index in [-0.39, 0.29) is 45.6 Å². The summed E-state index contributed by atoms with van der Waals surface area (Å²) in [5, 5.41) is 39.9. The molecule has 4 atom stereocenters. The Balaban J connectivity index is 0.000000209. The van der Waals surface area contributed by atoms with E-state index < -0.39 is 27.2 Å². The molecule has 4 saturated heterocycles. The Labute approximate surface area is 645 Å². The Morgan fingerprint density at radius 1 is 0.462 bits per heavy atom. The summed E-state index contributed by atoms with van der Waals surface area (Å²) in [6.45, 7) is 22.4. The molecule has 4 N–H and O–H groups in total. The number of para-hydroxylation sites is 4. The van der Waals surface area contributed by atoms with E-state index in [2.05, 4.69) is 33.4 Å². The molecule has 572 valence electrons. The number of nitrogen functional groups attached to an aromatic ring is 1. The van der Waals surface area contributed by atoms with Gasteiger partial charge in [0.1, 0.15) is 89.3 Å². The van der Waals surface area contributed by atoms with E-state index in [1.165, 1.54) is 12.1 Å². The van der Waals surface area contributed by atoms with Gasteiger partial charge in [-0.1, -0.05) is 138 Å². The summed E-state index contributed by atoms with van der Waals surface area (Å²) in [5.41, 5.74) is 4.74. The van der Waals surface area contributed by atoms with Crippen molar-refractivity contribution in [1.82, 2.24) is 19.6 Å². The molecule has 4 aliphatic heterocycles. The molecule has 106 heavy (non-hydrogen) atoms. The third-order valence-corrected chi connectivity index (χ3v) is 18.3. The normalized spacial score (nSPS) is 19.5. The molecule has 12 rings (SSSR count). The van der Waals surface area contributed by atoms with E-state index in [4.69, 9.17) is 107 Å². The van der Waals surface area contributed by atoms with E-state index in [1.807, 2.05) is 153 Å². The van der Waals surface area contributed by atoms with E-state index in [9.17, 15) is 29.7 Å². The molecule has 4 heterocycles. The SMILES string of the molecule is C.CC(=O)O.CC1(O)CCN(CCOc2ccccc2)C1.CC1(Oc2ccc(Cl)cc2Cl)CCN(CCOc2ccccc2)C1.CC1(Oc2ccc(N)cc2Cl)CCN(CCOc2ccccc2)C1.CC1(Oc2ccc([N+](=O)[O-])cc2Cl)CCN(CCOc2ccccc2)C1.O=[N+]([O-])c1ccc(F)c(Cl)c1. The second kappa shape index (κ2) is 42.8. The average Bonchev–Trinajstić information content (AvgIpc) is 1.63. The molecule has 8 aromatic carbocycles. The van der Waals surface area contributed by atoms with E-state index in [1.54, 1.807) is 24.3 Å². The van der Waals surface area contributed by atoms with Crippen LogP contribution in [0.4, 0.5) is 21.5 Å². The summed E-state index contributed by atoms with van der Waals surface area (Å²) in [6.07, 6.45) is 3.63. The van der Waals surface area contributed by atoms with Crippen LogP contribution in [0.15, 0.2) is 194 Å². The number of hydrogen-bond donors (Lipinski definition) is 3. The third kappa shape index (κ3) is 30.8. The zero-order valence-electron chi connectivity index (χ0n) is 59.4. The number of nitro groups is 2. The van der Waals surface area contributed by atoms with Gasteiger partial charge in [-0.05, 0) is 131 Å². The highest BCUT2D eigenvalue weighted by molar-refractivity contribution is 6.35. The minimum Gasteiger partial charge on any atom is -0.492 e. The van der Waals surface area contributed by atoms with Crippen molar-refractivity contribution in [3.05, 3.63) is 245 Å². The maximum Gasteiger partial charge on any atom is 0.300 e. The summed E-state index contributed by atoms with van der Waals surface area (Å²) in [6, 6.07) is 57.3. The van der Waals surface area contributed by atoms with Gasteiger partial charge in [0.2, 0.25) is 0 Å². The largest absolute Gasteiger partial charge is 0.492 e. The molecule has 4 unspecified atom stereocenters. The van der Waals surface area contributed by atoms with Crippen molar-refractivity contribution < 1.29 is 62.4 Å². The zero-order valence-corrected chi connectivity index (χ0v) is 63.2. The standard InChI is InChI=1S/C19H21Cl2NO2.C19H21ClN2O4.C19H23ClN2O2.C13H19NO2.C6H3ClFNO2.C2H4O2.CH4/c1-19(24-18-8-7-15(20)13-17(18)21)9-10-22(14-19)11-12-23-16-5-3-2-4-6-16;1-19(26-18-8-7-15(22(23)24)13-17(18)20)9-10-21(14-19)11-12-25-16-5-3-2-4-6-16;1-19(24-18-8-7-15(21)13-17(18)20)9-10-22(14-19)11-12-23-16-5-3-2-4-6-16;1-13(15)7-8-14(11-13)9-10-16-12-5-3-2-4-6-12;7-5-3-4(9(10)11)1-2-6(5)8;1-2(3)4;/h2-8,13H,9-12,14H2,1H3;2-8,13H,9-12,14H2,1H3;2-8,13H,9-12,14,21H2,1H3;2-6,15H,7-11H2,1H3;1-3H;1H3,(H,3,4);1H4. The van der Waals surface area contributed by atoms with Crippen LogP contribution in [0.25, 0.3) is 0 Å². The van der Waals surface area contributed by atoms with Crippen LogP contribution < -0.4 is 38.9 Å². The Morgan fingerprint density at radius 2 is 0.764 bits per heavy atom. The molecule has 8 aromatic rings. The number of likely N-dealkylation sites (tertiary alicyclic amines) is 4. The monoisotopic (exact) mass is 1560 g/mol. The molecular weight excluding hydrogens is 1470 g/mol. The third-order valence-electron chi connectivity index (χ3n) is 16.9. The maximum absolute atomic E-state index is 12.4. The zero-order chi connectivity index (χ0) is 76.0. The first-order chi connectivity index (χ1) is 50.0. The molecule has 0 radical (unpaired) electrons. The molecule has 21 nitrogen and oxygen atoms in total. The first kappa shape index (κ1) is 86.5. The maximum atomic E-state index is 12.4. The number of anilines is 1. The van der Waals surface area contributed by atoms with E-state index >= 15 is 0 Å². The molecule has 0 bridgehead atoms. The Kier molecular flexibility index (Phi) is 35.0. The summed E-state index contributed by atoms with van der Waals surface area (Å²) in [4.78, 5) is 38.0. The molecule has 0 spiro atoms.